The summed E-state index contributed by atoms with van der Waals surface area (Å²) in [5, 5.41) is 0. The molecule has 186 valence electrons. The maximum atomic E-state index is 12.9. The van der Waals surface area contributed by atoms with Crippen molar-refractivity contribution in [2.75, 3.05) is 0 Å². The molecule has 0 radical (unpaired) electrons. The Morgan fingerprint density at radius 3 is 2.29 bits per heavy atom. The van der Waals surface area contributed by atoms with Gasteiger partial charge in [-0.05, 0) is 98.0 Å². The van der Waals surface area contributed by atoms with Crippen LogP contribution in [0.15, 0.2) is 24.3 Å². The Hall–Kier alpha value is -1.44. The number of carbonyl (C=O) groups is 2. The van der Waals surface area contributed by atoms with Crippen molar-refractivity contribution in [3.05, 3.63) is 35.4 Å². The van der Waals surface area contributed by atoms with Crippen LogP contribution in [0.5, 0.6) is 0 Å². The average Bonchev–Trinajstić information content (AvgIpc) is 3.60. The van der Waals surface area contributed by atoms with Gasteiger partial charge < -0.3 is 0 Å². The second-order valence-electron chi connectivity index (χ2n) is 12.5. The molecule has 5 rings (SSSR count). The van der Waals surface area contributed by atoms with Crippen molar-refractivity contribution >= 4 is 11.6 Å². The quantitative estimate of drug-likeness (QED) is 0.369. The lowest BCUT2D eigenvalue weighted by atomic mass is 9.64. The maximum absolute atomic E-state index is 12.9. The first kappa shape index (κ1) is 24.3. The summed E-state index contributed by atoms with van der Waals surface area (Å²) in [5.74, 6) is 5.69. The van der Waals surface area contributed by atoms with Gasteiger partial charge in [0, 0.05) is 25.2 Å². The summed E-state index contributed by atoms with van der Waals surface area (Å²) in [6.07, 6.45) is 18.0. The van der Waals surface area contributed by atoms with Gasteiger partial charge in [-0.25, -0.2) is 0 Å². The van der Waals surface area contributed by atoms with Gasteiger partial charge in [0.15, 0.2) is 0 Å². The zero-order valence-electron chi connectivity index (χ0n) is 21.5. The Labute approximate surface area is 207 Å². The number of rotatable bonds is 9. The Balaban J connectivity index is 1.03. The molecule has 4 saturated carbocycles. The molecule has 2 nitrogen and oxygen atoms in total. The van der Waals surface area contributed by atoms with Crippen molar-refractivity contribution in [1.29, 1.82) is 0 Å². The SMILES string of the molecule is CC1CC1c1ccccc1C1CCC(C(=O)CCCC(=O)CC2CCCC3CCCCC32)CC1. The molecule has 4 aliphatic rings. The van der Waals surface area contributed by atoms with Crippen LogP contribution in [0.25, 0.3) is 0 Å². The van der Waals surface area contributed by atoms with E-state index in [4.69, 9.17) is 0 Å². The van der Waals surface area contributed by atoms with Gasteiger partial charge >= 0.3 is 0 Å². The largest absolute Gasteiger partial charge is 0.300 e. The smallest absolute Gasteiger partial charge is 0.135 e. The number of hydrogen-bond donors (Lipinski definition) is 0. The molecule has 4 aliphatic carbocycles. The fourth-order valence-electron chi connectivity index (χ4n) is 8.09. The minimum absolute atomic E-state index is 0.236. The topological polar surface area (TPSA) is 34.1 Å². The standard InChI is InChI=1S/C32H46O2/c1-22-20-31(22)30-14-5-4-13-29(30)24-16-18-25(19-17-24)32(34)15-7-11-27(33)21-26-10-6-9-23-8-2-3-12-28(23)26/h4-5,13-14,22-26,28,31H,2-3,6-12,15-21H2,1H3. The third kappa shape index (κ3) is 5.68. The Morgan fingerprint density at radius 2 is 1.53 bits per heavy atom. The molecule has 0 amide bonds. The molecule has 5 unspecified atom stereocenters. The second kappa shape index (κ2) is 11.1. The van der Waals surface area contributed by atoms with E-state index in [-0.39, 0.29) is 5.92 Å². The first-order chi connectivity index (χ1) is 16.6. The molecule has 0 aromatic heterocycles. The summed E-state index contributed by atoms with van der Waals surface area (Å²) in [5.41, 5.74) is 3.15. The minimum atomic E-state index is 0.236. The molecule has 4 fully saturated rings. The molecule has 0 aliphatic heterocycles. The van der Waals surface area contributed by atoms with Crippen LogP contribution < -0.4 is 0 Å². The lowest BCUT2D eigenvalue weighted by molar-refractivity contribution is -0.124. The summed E-state index contributed by atoms with van der Waals surface area (Å²) in [7, 11) is 0. The van der Waals surface area contributed by atoms with Crippen molar-refractivity contribution in [3.63, 3.8) is 0 Å². The molecular weight excluding hydrogens is 416 g/mol. The van der Waals surface area contributed by atoms with E-state index in [1.165, 1.54) is 51.4 Å². The Kier molecular flexibility index (Phi) is 7.91. The van der Waals surface area contributed by atoms with E-state index >= 15 is 0 Å². The highest BCUT2D eigenvalue weighted by molar-refractivity contribution is 5.83. The Bertz CT molecular complexity index is 846. The number of benzene rings is 1. The highest BCUT2D eigenvalue weighted by Crippen LogP contribution is 2.50. The first-order valence-corrected chi connectivity index (χ1v) is 14.7. The third-order valence-electron chi connectivity index (χ3n) is 10.2. The van der Waals surface area contributed by atoms with Gasteiger partial charge in [0.2, 0.25) is 0 Å². The molecule has 0 heterocycles. The minimum Gasteiger partial charge on any atom is -0.300 e. The molecular formula is C32H46O2. The van der Waals surface area contributed by atoms with Gasteiger partial charge in [-0.1, -0.05) is 63.3 Å². The summed E-state index contributed by atoms with van der Waals surface area (Å²) in [4.78, 5) is 25.7. The van der Waals surface area contributed by atoms with Crippen LogP contribution in [0.2, 0.25) is 0 Å². The van der Waals surface area contributed by atoms with Crippen molar-refractivity contribution in [2.45, 2.75) is 121 Å². The van der Waals surface area contributed by atoms with Gasteiger partial charge in [-0.2, -0.15) is 0 Å². The normalized spacial score (nSPS) is 35.4. The number of ketones is 2. The zero-order chi connectivity index (χ0) is 23.5. The van der Waals surface area contributed by atoms with Crippen molar-refractivity contribution in [2.24, 2.45) is 29.6 Å². The van der Waals surface area contributed by atoms with E-state index in [2.05, 4.69) is 31.2 Å². The van der Waals surface area contributed by atoms with Crippen LogP contribution >= 0.6 is 0 Å². The van der Waals surface area contributed by atoms with Crippen molar-refractivity contribution in [1.82, 2.24) is 0 Å². The second-order valence-corrected chi connectivity index (χ2v) is 12.5. The van der Waals surface area contributed by atoms with E-state index < -0.39 is 0 Å². The summed E-state index contributed by atoms with van der Waals surface area (Å²) >= 11 is 0. The lowest BCUT2D eigenvalue weighted by Crippen LogP contribution is -2.32. The van der Waals surface area contributed by atoms with Crippen LogP contribution in [-0.2, 0) is 9.59 Å². The van der Waals surface area contributed by atoms with Crippen LogP contribution in [0.3, 0.4) is 0 Å². The number of Topliss-reactive ketones (excluding diaryl/α,β-unsaturated/α-hetero) is 2. The molecule has 0 N–H and O–H groups in total. The van der Waals surface area contributed by atoms with Gasteiger partial charge in [0.1, 0.15) is 11.6 Å². The van der Waals surface area contributed by atoms with Gasteiger partial charge in [0.05, 0.1) is 0 Å². The van der Waals surface area contributed by atoms with Gasteiger partial charge in [-0.15, -0.1) is 0 Å². The predicted molar refractivity (Wildman–Crippen MR) is 139 cm³/mol. The van der Waals surface area contributed by atoms with E-state index in [0.717, 1.165) is 62.2 Å². The summed E-state index contributed by atoms with van der Waals surface area (Å²) in [6, 6.07) is 9.09. The van der Waals surface area contributed by atoms with Crippen LogP contribution in [0.4, 0.5) is 0 Å². The van der Waals surface area contributed by atoms with E-state index in [1.54, 1.807) is 11.1 Å². The van der Waals surface area contributed by atoms with Gasteiger partial charge in [0.25, 0.3) is 0 Å². The van der Waals surface area contributed by atoms with Crippen LogP contribution in [0, 0.1) is 29.6 Å². The molecule has 2 heteroatoms. The molecule has 1 aromatic rings. The summed E-state index contributed by atoms with van der Waals surface area (Å²) < 4.78 is 0. The zero-order valence-corrected chi connectivity index (χ0v) is 21.5. The Morgan fingerprint density at radius 1 is 0.824 bits per heavy atom. The maximum Gasteiger partial charge on any atom is 0.135 e. The molecule has 34 heavy (non-hydrogen) atoms. The van der Waals surface area contributed by atoms with E-state index in [1.807, 2.05) is 0 Å². The fraction of sp³-hybridized carbons (Fsp3) is 0.750. The number of carbonyl (C=O) groups excluding carboxylic acids is 2. The highest BCUT2D eigenvalue weighted by atomic mass is 16.1. The van der Waals surface area contributed by atoms with Crippen molar-refractivity contribution < 1.29 is 9.59 Å². The predicted octanol–water partition coefficient (Wildman–Crippen LogP) is 8.39. The molecule has 0 spiro atoms. The number of fused-ring (bicyclic) bond motifs is 1. The first-order valence-electron chi connectivity index (χ1n) is 14.7. The third-order valence-corrected chi connectivity index (χ3v) is 10.2. The fourth-order valence-corrected chi connectivity index (χ4v) is 8.09. The van der Waals surface area contributed by atoms with Crippen LogP contribution in [-0.4, -0.2) is 11.6 Å². The van der Waals surface area contributed by atoms with E-state index in [0.29, 0.717) is 36.2 Å². The molecule has 0 bridgehead atoms. The van der Waals surface area contributed by atoms with Gasteiger partial charge in [-0.3, -0.25) is 9.59 Å². The molecule has 0 saturated heterocycles. The monoisotopic (exact) mass is 462 g/mol. The lowest BCUT2D eigenvalue weighted by Gasteiger charge is -2.41. The highest BCUT2D eigenvalue weighted by Gasteiger charge is 2.38. The van der Waals surface area contributed by atoms with Crippen molar-refractivity contribution in [3.8, 4) is 0 Å². The molecule has 5 atom stereocenters. The van der Waals surface area contributed by atoms with E-state index in [9.17, 15) is 9.59 Å². The van der Waals surface area contributed by atoms with Crippen LogP contribution in [0.1, 0.15) is 133 Å². The number of hydrogen-bond acceptors (Lipinski definition) is 2. The average molecular weight is 463 g/mol. The summed E-state index contributed by atoms with van der Waals surface area (Å²) in [6.45, 7) is 2.36. The molecule has 1 aromatic carbocycles.